The smallest absolute Gasteiger partial charge is 0.282 e. The Balaban J connectivity index is 1.32. The minimum absolute atomic E-state index is 0.0244. The second-order valence-corrected chi connectivity index (χ2v) is 9.09. The average molecular weight is 410 g/mol. The van der Waals surface area contributed by atoms with E-state index in [9.17, 15) is 9.59 Å². The van der Waals surface area contributed by atoms with E-state index in [0.717, 1.165) is 35.8 Å². The average Bonchev–Trinajstić information content (AvgIpc) is 3.19. The topological polar surface area (TPSA) is 43.9 Å². The van der Waals surface area contributed by atoms with Gasteiger partial charge in [-0.25, -0.2) is 0 Å². The SMILES string of the molecule is O=C(CN1CCSC1=O)N1CCN(Cc2sc3ccccc3c2Cl)CC1. The molecule has 0 bridgehead atoms. The van der Waals surface area contributed by atoms with Gasteiger partial charge in [0.05, 0.1) is 5.02 Å². The lowest BCUT2D eigenvalue weighted by atomic mass is 10.2. The van der Waals surface area contributed by atoms with E-state index in [4.69, 9.17) is 11.6 Å². The number of thioether (sulfide) groups is 1. The summed E-state index contributed by atoms with van der Waals surface area (Å²) >= 11 is 9.58. The summed E-state index contributed by atoms with van der Waals surface area (Å²) in [5.74, 6) is 0.843. The molecule has 0 spiro atoms. The lowest BCUT2D eigenvalue weighted by molar-refractivity contribution is -0.133. The van der Waals surface area contributed by atoms with E-state index in [0.29, 0.717) is 19.6 Å². The van der Waals surface area contributed by atoms with Crippen molar-refractivity contribution in [3.05, 3.63) is 34.2 Å². The zero-order chi connectivity index (χ0) is 18.1. The highest BCUT2D eigenvalue weighted by molar-refractivity contribution is 8.13. The molecule has 0 N–H and O–H groups in total. The summed E-state index contributed by atoms with van der Waals surface area (Å²) in [6.45, 7) is 4.79. The molecule has 4 rings (SSSR count). The van der Waals surface area contributed by atoms with Crippen LogP contribution in [0.5, 0.6) is 0 Å². The quantitative estimate of drug-likeness (QED) is 0.776. The summed E-state index contributed by atoms with van der Waals surface area (Å²) in [5, 5.41) is 2.00. The molecule has 1 aromatic heterocycles. The monoisotopic (exact) mass is 409 g/mol. The van der Waals surface area contributed by atoms with E-state index < -0.39 is 0 Å². The van der Waals surface area contributed by atoms with Crippen LogP contribution in [0.15, 0.2) is 24.3 Å². The number of nitrogens with zero attached hydrogens (tertiary/aromatic N) is 3. The van der Waals surface area contributed by atoms with Crippen LogP contribution < -0.4 is 0 Å². The first-order chi connectivity index (χ1) is 12.6. The van der Waals surface area contributed by atoms with Gasteiger partial charge in [0.1, 0.15) is 6.54 Å². The standard InChI is InChI=1S/C18H20ClN3O2S2/c19-17-13-3-1-2-4-14(13)26-15(17)11-20-5-7-21(8-6-20)16(23)12-22-9-10-25-18(22)24/h1-4H,5-12H2. The normalized spacial score (nSPS) is 18.9. The van der Waals surface area contributed by atoms with Gasteiger partial charge in [-0.05, 0) is 6.07 Å². The highest BCUT2D eigenvalue weighted by Crippen LogP contribution is 2.36. The summed E-state index contributed by atoms with van der Waals surface area (Å²) in [5.41, 5.74) is 0. The van der Waals surface area contributed by atoms with Gasteiger partial charge in [0.25, 0.3) is 5.24 Å². The molecule has 0 aliphatic carbocycles. The fraction of sp³-hybridized carbons (Fsp3) is 0.444. The van der Waals surface area contributed by atoms with Crippen LogP contribution in [0.3, 0.4) is 0 Å². The van der Waals surface area contributed by atoms with E-state index in [-0.39, 0.29) is 17.7 Å². The number of piperazine rings is 1. The molecule has 1 aromatic carbocycles. The number of carbonyl (C=O) groups excluding carboxylic acids is 2. The molecule has 5 nitrogen and oxygen atoms in total. The third kappa shape index (κ3) is 3.71. The Morgan fingerprint density at radius 3 is 2.58 bits per heavy atom. The summed E-state index contributed by atoms with van der Waals surface area (Å²) in [6, 6.07) is 8.21. The van der Waals surface area contributed by atoms with Crippen LogP contribution in [0.1, 0.15) is 4.88 Å². The number of halogens is 1. The summed E-state index contributed by atoms with van der Waals surface area (Å²) < 4.78 is 1.22. The fourth-order valence-corrected chi connectivity index (χ4v) is 5.72. The molecule has 2 aliphatic rings. The number of fused-ring (bicyclic) bond motifs is 1. The predicted octanol–water partition coefficient (Wildman–Crippen LogP) is 3.37. The zero-order valence-corrected chi connectivity index (χ0v) is 16.7. The predicted molar refractivity (Wildman–Crippen MR) is 108 cm³/mol. The number of hydrogen-bond donors (Lipinski definition) is 0. The van der Waals surface area contributed by atoms with E-state index in [1.165, 1.54) is 21.3 Å². The molecular weight excluding hydrogens is 390 g/mol. The van der Waals surface area contributed by atoms with Gasteiger partial charge < -0.3 is 9.80 Å². The number of amides is 2. The van der Waals surface area contributed by atoms with Crippen LogP contribution in [-0.4, -0.2) is 70.9 Å². The van der Waals surface area contributed by atoms with Crippen molar-refractivity contribution in [3.8, 4) is 0 Å². The van der Waals surface area contributed by atoms with E-state index in [2.05, 4.69) is 17.0 Å². The number of hydrogen-bond acceptors (Lipinski definition) is 5. The first kappa shape index (κ1) is 18.1. The second kappa shape index (κ2) is 7.76. The van der Waals surface area contributed by atoms with Gasteiger partial charge in [-0.1, -0.05) is 41.6 Å². The number of benzene rings is 1. The maximum absolute atomic E-state index is 12.4. The van der Waals surface area contributed by atoms with Crippen LogP contribution in [0.4, 0.5) is 4.79 Å². The molecule has 3 heterocycles. The van der Waals surface area contributed by atoms with Crippen LogP contribution in [-0.2, 0) is 11.3 Å². The van der Waals surface area contributed by atoms with Crippen LogP contribution in [0.2, 0.25) is 5.02 Å². The third-order valence-electron chi connectivity index (χ3n) is 4.86. The number of rotatable bonds is 4. The van der Waals surface area contributed by atoms with E-state index in [1.54, 1.807) is 16.2 Å². The Hall–Kier alpha value is -1.28. The highest BCUT2D eigenvalue weighted by atomic mass is 35.5. The molecular formula is C18H20ClN3O2S2. The highest BCUT2D eigenvalue weighted by Gasteiger charge is 2.27. The number of carbonyl (C=O) groups is 2. The van der Waals surface area contributed by atoms with Crippen molar-refractivity contribution in [2.24, 2.45) is 0 Å². The van der Waals surface area contributed by atoms with E-state index in [1.807, 2.05) is 17.0 Å². The second-order valence-electron chi connectivity index (χ2n) is 6.53. The Morgan fingerprint density at radius 1 is 1.12 bits per heavy atom. The molecule has 2 amide bonds. The van der Waals surface area contributed by atoms with Crippen molar-refractivity contribution in [2.75, 3.05) is 45.0 Å². The van der Waals surface area contributed by atoms with Gasteiger partial charge in [-0.3, -0.25) is 14.5 Å². The minimum atomic E-state index is 0.0244. The zero-order valence-electron chi connectivity index (χ0n) is 14.3. The molecule has 8 heteroatoms. The Morgan fingerprint density at radius 2 is 1.88 bits per heavy atom. The maximum atomic E-state index is 12.4. The Labute approximate surface area is 165 Å². The van der Waals surface area contributed by atoms with Crippen LogP contribution >= 0.6 is 34.7 Å². The lowest BCUT2D eigenvalue weighted by Crippen LogP contribution is -2.50. The van der Waals surface area contributed by atoms with Gasteiger partial charge in [0.2, 0.25) is 5.91 Å². The molecule has 0 saturated carbocycles. The molecule has 0 atom stereocenters. The molecule has 2 aromatic rings. The molecule has 26 heavy (non-hydrogen) atoms. The van der Waals surface area contributed by atoms with Crippen molar-refractivity contribution in [1.82, 2.24) is 14.7 Å². The maximum Gasteiger partial charge on any atom is 0.282 e. The van der Waals surface area contributed by atoms with Crippen LogP contribution in [0, 0.1) is 0 Å². The van der Waals surface area contributed by atoms with Crippen molar-refractivity contribution >= 4 is 55.9 Å². The Bertz CT molecular complexity index is 833. The van der Waals surface area contributed by atoms with Gasteiger partial charge in [0, 0.05) is 60.0 Å². The molecule has 0 radical (unpaired) electrons. The van der Waals surface area contributed by atoms with Gasteiger partial charge >= 0.3 is 0 Å². The van der Waals surface area contributed by atoms with Gasteiger partial charge in [-0.2, -0.15) is 0 Å². The molecule has 2 saturated heterocycles. The van der Waals surface area contributed by atoms with Crippen molar-refractivity contribution in [1.29, 1.82) is 0 Å². The Kier molecular flexibility index (Phi) is 5.40. The minimum Gasteiger partial charge on any atom is -0.339 e. The van der Waals surface area contributed by atoms with E-state index >= 15 is 0 Å². The van der Waals surface area contributed by atoms with Gasteiger partial charge in [-0.15, -0.1) is 11.3 Å². The third-order valence-corrected chi connectivity index (χ3v) is 7.46. The first-order valence-electron chi connectivity index (χ1n) is 8.69. The van der Waals surface area contributed by atoms with Crippen molar-refractivity contribution in [2.45, 2.75) is 6.54 Å². The summed E-state index contributed by atoms with van der Waals surface area (Å²) in [7, 11) is 0. The van der Waals surface area contributed by atoms with Crippen molar-refractivity contribution in [3.63, 3.8) is 0 Å². The lowest BCUT2D eigenvalue weighted by Gasteiger charge is -2.35. The van der Waals surface area contributed by atoms with Crippen molar-refractivity contribution < 1.29 is 9.59 Å². The summed E-state index contributed by atoms with van der Waals surface area (Å²) in [4.78, 5) is 31.1. The molecule has 0 unspecified atom stereocenters. The number of thiophene rings is 1. The van der Waals surface area contributed by atoms with Crippen LogP contribution in [0.25, 0.3) is 10.1 Å². The molecule has 2 aliphatic heterocycles. The summed E-state index contributed by atoms with van der Waals surface area (Å²) in [6.07, 6.45) is 0. The largest absolute Gasteiger partial charge is 0.339 e. The first-order valence-corrected chi connectivity index (χ1v) is 10.9. The fourth-order valence-electron chi connectivity index (χ4n) is 3.36. The molecule has 2 fully saturated rings. The molecule has 138 valence electrons. The van der Waals surface area contributed by atoms with Gasteiger partial charge in [0.15, 0.2) is 0 Å².